The number of hydrogen-bond acceptors (Lipinski definition) is 4. The number of ether oxygens (including phenoxy) is 1. The Bertz CT molecular complexity index is 851. The first-order valence-electron chi connectivity index (χ1n) is 7.01. The van der Waals surface area contributed by atoms with Crippen LogP contribution in [0.3, 0.4) is 0 Å². The molecule has 0 spiro atoms. The lowest BCUT2D eigenvalue weighted by molar-refractivity contribution is 0.0696. The molecule has 0 bridgehead atoms. The van der Waals surface area contributed by atoms with E-state index in [4.69, 9.17) is 9.84 Å². The first-order valence-corrected chi connectivity index (χ1v) is 8.50. The van der Waals surface area contributed by atoms with Gasteiger partial charge in [0.15, 0.2) is 0 Å². The maximum Gasteiger partial charge on any atom is 0.335 e. The standard InChI is InChI=1S/C16H16FNO5S/c1-11-3-2-4-13(9-11)23-8-7-18-24(21,22)15-10-12(16(19)20)5-6-14(15)17/h2-6,9-10,18H,7-8H2,1H3,(H,19,20). The molecular weight excluding hydrogens is 337 g/mol. The lowest BCUT2D eigenvalue weighted by Crippen LogP contribution is -2.29. The van der Waals surface area contributed by atoms with Gasteiger partial charge in [0.25, 0.3) is 0 Å². The Balaban J connectivity index is 2.01. The quantitative estimate of drug-likeness (QED) is 0.745. The molecule has 0 aliphatic rings. The van der Waals surface area contributed by atoms with E-state index in [-0.39, 0.29) is 18.7 Å². The Morgan fingerprint density at radius 3 is 2.67 bits per heavy atom. The normalized spacial score (nSPS) is 11.2. The molecule has 0 heterocycles. The predicted octanol–water partition coefficient (Wildman–Crippen LogP) is 2.19. The fourth-order valence-corrected chi connectivity index (χ4v) is 3.08. The van der Waals surface area contributed by atoms with E-state index in [2.05, 4.69) is 4.72 Å². The molecule has 0 atom stereocenters. The molecule has 8 heteroatoms. The number of hydrogen-bond donors (Lipinski definition) is 2. The third-order valence-electron chi connectivity index (χ3n) is 3.12. The van der Waals surface area contributed by atoms with E-state index in [0.29, 0.717) is 5.75 Å². The molecule has 0 aliphatic carbocycles. The maximum atomic E-state index is 13.7. The predicted molar refractivity (Wildman–Crippen MR) is 85.2 cm³/mol. The summed E-state index contributed by atoms with van der Waals surface area (Å²) in [4.78, 5) is 10.2. The molecule has 0 unspecified atom stereocenters. The number of nitrogens with one attached hydrogen (secondary N) is 1. The van der Waals surface area contributed by atoms with Gasteiger partial charge in [-0.3, -0.25) is 0 Å². The fraction of sp³-hybridized carbons (Fsp3) is 0.188. The van der Waals surface area contributed by atoms with Gasteiger partial charge in [0.2, 0.25) is 10.0 Å². The third kappa shape index (κ3) is 4.53. The van der Waals surface area contributed by atoms with Crippen LogP contribution in [-0.4, -0.2) is 32.6 Å². The van der Waals surface area contributed by atoms with Crippen LogP contribution in [0.4, 0.5) is 4.39 Å². The van der Waals surface area contributed by atoms with Crippen molar-refractivity contribution in [2.24, 2.45) is 0 Å². The van der Waals surface area contributed by atoms with Crippen LogP contribution in [0.1, 0.15) is 15.9 Å². The monoisotopic (exact) mass is 353 g/mol. The molecule has 2 aromatic carbocycles. The van der Waals surface area contributed by atoms with Crippen LogP contribution in [-0.2, 0) is 10.0 Å². The summed E-state index contributed by atoms with van der Waals surface area (Å²) in [5.41, 5.74) is 0.688. The molecule has 6 nitrogen and oxygen atoms in total. The molecule has 0 amide bonds. The van der Waals surface area contributed by atoms with Crippen LogP contribution in [0.2, 0.25) is 0 Å². The molecule has 0 fully saturated rings. The zero-order chi connectivity index (χ0) is 17.7. The van der Waals surface area contributed by atoms with Crippen molar-refractivity contribution in [3.8, 4) is 5.75 Å². The molecule has 24 heavy (non-hydrogen) atoms. The Morgan fingerprint density at radius 1 is 1.25 bits per heavy atom. The Labute approximate surface area is 138 Å². The van der Waals surface area contributed by atoms with E-state index in [1.54, 1.807) is 12.1 Å². The number of sulfonamides is 1. The largest absolute Gasteiger partial charge is 0.492 e. The summed E-state index contributed by atoms with van der Waals surface area (Å²) in [6.45, 7) is 1.85. The summed E-state index contributed by atoms with van der Waals surface area (Å²) in [5, 5.41) is 8.87. The van der Waals surface area contributed by atoms with Crippen molar-refractivity contribution in [3.05, 3.63) is 59.4 Å². The van der Waals surface area contributed by atoms with Crippen molar-refractivity contribution in [1.29, 1.82) is 0 Å². The average molecular weight is 353 g/mol. The maximum absolute atomic E-state index is 13.7. The number of aromatic carboxylic acids is 1. The average Bonchev–Trinajstić information content (AvgIpc) is 2.51. The molecule has 2 aromatic rings. The van der Waals surface area contributed by atoms with Crippen LogP contribution >= 0.6 is 0 Å². The first kappa shape index (κ1) is 17.9. The lowest BCUT2D eigenvalue weighted by Gasteiger charge is -2.10. The lowest BCUT2D eigenvalue weighted by atomic mass is 10.2. The van der Waals surface area contributed by atoms with Gasteiger partial charge in [0.05, 0.1) is 5.56 Å². The highest BCUT2D eigenvalue weighted by Gasteiger charge is 2.20. The highest BCUT2D eigenvalue weighted by atomic mass is 32.2. The molecule has 2 rings (SSSR count). The number of halogens is 1. The van der Waals surface area contributed by atoms with Gasteiger partial charge >= 0.3 is 5.97 Å². The van der Waals surface area contributed by atoms with E-state index >= 15 is 0 Å². The highest BCUT2D eigenvalue weighted by Crippen LogP contribution is 2.16. The van der Waals surface area contributed by atoms with Crippen LogP contribution in [0.25, 0.3) is 0 Å². The molecule has 0 aromatic heterocycles. The van der Waals surface area contributed by atoms with Crippen LogP contribution in [0, 0.1) is 12.7 Å². The number of aryl methyl sites for hydroxylation is 1. The van der Waals surface area contributed by atoms with Gasteiger partial charge in [0.1, 0.15) is 23.1 Å². The first-order chi connectivity index (χ1) is 11.3. The van der Waals surface area contributed by atoms with E-state index in [9.17, 15) is 17.6 Å². The van der Waals surface area contributed by atoms with Crippen molar-refractivity contribution < 1.29 is 27.4 Å². The van der Waals surface area contributed by atoms with Crippen molar-refractivity contribution in [3.63, 3.8) is 0 Å². The van der Waals surface area contributed by atoms with E-state index in [1.165, 1.54) is 0 Å². The second-order valence-electron chi connectivity index (χ2n) is 5.01. The summed E-state index contributed by atoms with van der Waals surface area (Å²) in [7, 11) is -4.18. The van der Waals surface area contributed by atoms with E-state index in [1.807, 2.05) is 19.1 Å². The second kappa shape index (κ2) is 7.41. The van der Waals surface area contributed by atoms with Crippen molar-refractivity contribution in [2.75, 3.05) is 13.2 Å². The molecule has 0 radical (unpaired) electrons. The van der Waals surface area contributed by atoms with Gasteiger partial charge in [-0.05, 0) is 42.8 Å². The minimum absolute atomic E-state index is 0.0446. The number of carboxylic acids is 1. The van der Waals surface area contributed by atoms with Gasteiger partial charge in [-0.15, -0.1) is 0 Å². The summed E-state index contributed by atoms with van der Waals surface area (Å²) >= 11 is 0. The number of carbonyl (C=O) groups is 1. The molecule has 0 saturated carbocycles. The van der Waals surface area contributed by atoms with Crippen molar-refractivity contribution in [2.45, 2.75) is 11.8 Å². The third-order valence-corrected chi connectivity index (χ3v) is 4.60. The second-order valence-corrected chi connectivity index (χ2v) is 6.75. The van der Waals surface area contributed by atoms with Gasteiger partial charge in [-0.1, -0.05) is 12.1 Å². The summed E-state index contributed by atoms with van der Waals surface area (Å²) < 4.78 is 45.5. The highest BCUT2D eigenvalue weighted by molar-refractivity contribution is 7.89. The summed E-state index contributed by atoms with van der Waals surface area (Å²) in [6, 6.07) is 9.82. The van der Waals surface area contributed by atoms with E-state index in [0.717, 1.165) is 23.8 Å². The number of rotatable bonds is 7. The zero-order valence-electron chi connectivity index (χ0n) is 12.8. The van der Waals surface area contributed by atoms with E-state index < -0.39 is 26.7 Å². The van der Waals surface area contributed by atoms with Gasteiger partial charge in [0, 0.05) is 6.54 Å². The summed E-state index contributed by atoms with van der Waals surface area (Å²) in [5.74, 6) is -1.77. The zero-order valence-corrected chi connectivity index (χ0v) is 13.6. The Hall–Kier alpha value is -2.45. The molecule has 0 aliphatic heterocycles. The van der Waals surface area contributed by atoms with Gasteiger partial charge in [-0.25, -0.2) is 22.3 Å². The topological polar surface area (TPSA) is 92.7 Å². The van der Waals surface area contributed by atoms with Crippen molar-refractivity contribution >= 4 is 16.0 Å². The molecule has 128 valence electrons. The van der Waals surface area contributed by atoms with Gasteiger partial charge in [-0.2, -0.15) is 0 Å². The van der Waals surface area contributed by atoms with Crippen LogP contribution < -0.4 is 9.46 Å². The number of carboxylic acid groups (broad SMARTS) is 1. The minimum Gasteiger partial charge on any atom is -0.492 e. The molecular formula is C16H16FNO5S. The molecule has 0 saturated heterocycles. The van der Waals surface area contributed by atoms with Crippen LogP contribution in [0.15, 0.2) is 47.4 Å². The fourth-order valence-electron chi connectivity index (χ4n) is 1.97. The van der Waals surface area contributed by atoms with Gasteiger partial charge < -0.3 is 9.84 Å². The SMILES string of the molecule is Cc1cccc(OCCNS(=O)(=O)c2cc(C(=O)O)ccc2F)c1. The Kier molecular flexibility index (Phi) is 5.53. The molecule has 2 N–H and O–H groups in total. The Morgan fingerprint density at radius 2 is 2.00 bits per heavy atom. The smallest absolute Gasteiger partial charge is 0.335 e. The van der Waals surface area contributed by atoms with Crippen LogP contribution in [0.5, 0.6) is 5.75 Å². The summed E-state index contributed by atoms with van der Waals surface area (Å²) in [6.07, 6.45) is 0. The van der Waals surface area contributed by atoms with Crippen molar-refractivity contribution in [1.82, 2.24) is 4.72 Å². The minimum atomic E-state index is -4.18. The number of benzene rings is 2.